The largest absolute Gasteiger partial charge is 0.494 e. The molecule has 3 aromatic rings. The number of hydrogen-bond acceptors (Lipinski definition) is 6. The van der Waals surface area contributed by atoms with E-state index in [0.29, 0.717) is 17.3 Å². The quantitative estimate of drug-likeness (QED) is 0.402. The molecule has 0 radical (unpaired) electrons. The molecule has 11 heteroatoms. The predicted octanol–water partition coefficient (Wildman–Crippen LogP) is 4.37. The van der Waals surface area contributed by atoms with Gasteiger partial charge in [-0.1, -0.05) is 17.8 Å². The highest BCUT2D eigenvalue weighted by Crippen LogP contribution is 2.34. The van der Waals surface area contributed by atoms with Crippen molar-refractivity contribution in [2.75, 3.05) is 26.2 Å². The number of carboxylic acids is 1. The Labute approximate surface area is 225 Å². The molecule has 0 unspecified atom stereocenters. The first-order chi connectivity index (χ1) is 16.6. The van der Waals surface area contributed by atoms with Crippen LogP contribution < -0.4 is 10.1 Å². The third-order valence-corrected chi connectivity index (χ3v) is 7.20. The number of aromatic carboxylic acids is 1. The second-order valence-electron chi connectivity index (χ2n) is 8.47. The molecule has 0 aliphatic carbocycles. The number of piperidine rings is 1. The van der Waals surface area contributed by atoms with Crippen molar-refractivity contribution in [3.05, 3.63) is 64.8 Å². The van der Waals surface area contributed by atoms with Gasteiger partial charge < -0.3 is 20.1 Å². The molecule has 0 atom stereocenters. The number of halogens is 2. The van der Waals surface area contributed by atoms with Crippen LogP contribution in [0.4, 0.5) is 0 Å². The van der Waals surface area contributed by atoms with E-state index in [0.717, 1.165) is 55.3 Å². The van der Waals surface area contributed by atoms with E-state index in [1.807, 2.05) is 24.3 Å². The summed E-state index contributed by atoms with van der Waals surface area (Å²) in [4.78, 5) is 31.3. The number of nitrogens with zero attached hydrogens (tertiary/aromatic N) is 3. The molecule has 1 amide bonds. The molecule has 5 rings (SSSR count). The number of carboxylic acid groups (broad SMARTS) is 1. The van der Waals surface area contributed by atoms with Crippen LogP contribution >= 0.6 is 36.6 Å². The van der Waals surface area contributed by atoms with Gasteiger partial charge in [0.05, 0.1) is 34.0 Å². The fourth-order valence-electron chi connectivity index (χ4n) is 4.33. The minimum Gasteiger partial charge on any atom is -0.494 e. The summed E-state index contributed by atoms with van der Waals surface area (Å²) in [6.45, 7) is 3.40. The van der Waals surface area contributed by atoms with Gasteiger partial charge in [0.1, 0.15) is 11.4 Å². The minimum absolute atomic E-state index is 0. The van der Waals surface area contributed by atoms with Crippen molar-refractivity contribution in [3.8, 4) is 5.75 Å². The van der Waals surface area contributed by atoms with E-state index >= 15 is 0 Å². The minimum atomic E-state index is -0.939. The molecule has 1 saturated heterocycles. The molecule has 2 N–H and O–H groups in total. The molecular weight excluding hydrogens is 523 g/mol. The van der Waals surface area contributed by atoms with E-state index in [1.165, 1.54) is 11.8 Å². The Bertz CT molecular complexity index is 1240. The third-order valence-electron chi connectivity index (χ3n) is 6.15. The van der Waals surface area contributed by atoms with Crippen molar-refractivity contribution in [3.63, 3.8) is 0 Å². The number of nitrogens with one attached hydrogen (secondary N) is 1. The second-order valence-corrected chi connectivity index (χ2v) is 9.53. The van der Waals surface area contributed by atoms with E-state index in [1.54, 1.807) is 30.5 Å². The van der Waals surface area contributed by atoms with Crippen molar-refractivity contribution in [2.24, 2.45) is 0 Å². The lowest BCUT2D eigenvalue weighted by atomic mass is 10.0. The van der Waals surface area contributed by atoms with Crippen LogP contribution in [0, 0.1) is 0 Å². The molecule has 192 valence electrons. The predicted molar refractivity (Wildman–Crippen MR) is 145 cm³/mol. The lowest BCUT2D eigenvalue weighted by molar-refractivity contribution is -0.117. The molecule has 36 heavy (non-hydrogen) atoms. The first-order valence-corrected chi connectivity index (χ1v) is 12.2. The fraction of sp³-hybridized carbons (Fsp3) is 0.320. The van der Waals surface area contributed by atoms with E-state index in [9.17, 15) is 9.59 Å². The number of carbonyl (C=O) groups excluding carboxylic acids is 1. The zero-order valence-corrected chi connectivity index (χ0v) is 21.9. The number of pyridine rings is 1. The van der Waals surface area contributed by atoms with E-state index in [4.69, 9.17) is 9.84 Å². The molecule has 1 fully saturated rings. The van der Waals surface area contributed by atoms with Gasteiger partial charge in [-0.25, -0.2) is 9.78 Å². The molecule has 0 spiro atoms. The van der Waals surface area contributed by atoms with Crippen molar-refractivity contribution < 1.29 is 19.4 Å². The third kappa shape index (κ3) is 6.34. The van der Waals surface area contributed by atoms with Gasteiger partial charge in [-0.2, -0.15) is 0 Å². The summed E-state index contributed by atoms with van der Waals surface area (Å²) in [7, 11) is 0. The summed E-state index contributed by atoms with van der Waals surface area (Å²) in [6.07, 6.45) is 6.46. The number of carbonyl (C=O) groups is 2. The molecule has 2 aromatic heterocycles. The molecule has 2 aliphatic rings. The number of hydrogen-bond donors (Lipinski definition) is 2. The average Bonchev–Trinajstić information content (AvgIpc) is 3.27. The number of ether oxygens (including phenoxy) is 1. The van der Waals surface area contributed by atoms with Crippen LogP contribution in [0.2, 0.25) is 0 Å². The van der Waals surface area contributed by atoms with Gasteiger partial charge in [-0.3, -0.25) is 9.20 Å². The van der Waals surface area contributed by atoms with Gasteiger partial charge in [0, 0.05) is 25.7 Å². The number of thioether (sulfide) groups is 1. The van der Waals surface area contributed by atoms with Gasteiger partial charge >= 0.3 is 5.97 Å². The first-order valence-electron chi connectivity index (χ1n) is 11.4. The van der Waals surface area contributed by atoms with Crippen LogP contribution in [0.5, 0.6) is 5.75 Å². The van der Waals surface area contributed by atoms with Gasteiger partial charge in [0.2, 0.25) is 0 Å². The Morgan fingerprint density at radius 2 is 1.86 bits per heavy atom. The zero-order chi connectivity index (χ0) is 23.5. The summed E-state index contributed by atoms with van der Waals surface area (Å²) in [6, 6.07) is 12.6. The van der Waals surface area contributed by atoms with Gasteiger partial charge in [-0.15, -0.1) is 24.8 Å². The van der Waals surface area contributed by atoms with Crippen LogP contribution in [0.1, 0.15) is 35.3 Å². The van der Waals surface area contributed by atoms with Gasteiger partial charge in [0.25, 0.3) is 5.91 Å². The Morgan fingerprint density at radius 3 is 2.58 bits per heavy atom. The summed E-state index contributed by atoms with van der Waals surface area (Å²) >= 11 is 1.48. The Balaban J connectivity index is 0.00000180. The normalized spacial score (nSPS) is 15.4. The van der Waals surface area contributed by atoms with Crippen LogP contribution in [-0.2, 0) is 4.79 Å². The van der Waals surface area contributed by atoms with Crippen LogP contribution in [0.3, 0.4) is 0 Å². The van der Waals surface area contributed by atoms with E-state index in [2.05, 4.69) is 19.6 Å². The van der Waals surface area contributed by atoms with Gasteiger partial charge in [0.15, 0.2) is 0 Å². The maximum absolute atomic E-state index is 12.9. The molecule has 2 aliphatic heterocycles. The summed E-state index contributed by atoms with van der Waals surface area (Å²) < 4.78 is 7.79. The average molecular weight is 551 g/mol. The highest BCUT2D eigenvalue weighted by Gasteiger charge is 2.24. The highest BCUT2D eigenvalue weighted by atomic mass is 35.5. The van der Waals surface area contributed by atoms with E-state index in [-0.39, 0.29) is 42.3 Å². The smallest absolute Gasteiger partial charge is 0.335 e. The summed E-state index contributed by atoms with van der Waals surface area (Å²) in [5.41, 5.74) is 2.08. The number of aromatic nitrogens is 2. The van der Waals surface area contributed by atoms with Crippen molar-refractivity contribution in [1.82, 2.24) is 19.6 Å². The van der Waals surface area contributed by atoms with E-state index < -0.39 is 5.97 Å². The molecule has 8 nitrogen and oxygen atoms in total. The highest BCUT2D eigenvalue weighted by molar-refractivity contribution is 8.04. The Kier molecular flexibility index (Phi) is 9.67. The number of likely N-dealkylation sites (tertiary alicyclic amines) is 1. The fourth-order valence-corrected chi connectivity index (χ4v) is 5.32. The topological polar surface area (TPSA) is 96.2 Å². The molecular formula is C25H28Cl2N4O4S. The number of benzene rings is 1. The lowest BCUT2D eigenvalue weighted by Gasteiger charge is -2.32. The maximum atomic E-state index is 12.9. The summed E-state index contributed by atoms with van der Waals surface area (Å²) in [5, 5.41) is 13.2. The first kappa shape index (κ1) is 27.9. The maximum Gasteiger partial charge on any atom is 0.335 e. The summed E-state index contributed by atoms with van der Waals surface area (Å²) in [5.74, 6) is -0.277. The van der Waals surface area contributed by atoms with Crippen LogP contribution in [0.15, 0.2) is 58.6 Å². The number of amides is 1. The SMILES string of the molecule is Cl.Cl.O=C(NC1CCN(CCCOc2ccc(C(=O)O)cc2)CC1)C1=Cc2cnc3cccc(n23)S1. The van der Waals surface area contributed by atoms with Crippen molar-refractivity contribution >= 4 is 60.2 Å². The second kappa shape index (κ2) is 12.5. The van der Waals surface area contributed by atoms with Crippen LogP contribution in [0.25, 0.3) is 11.7 Å². The molecule has 1 aromatic carbocycles. The van der Waals surface area contributed by atoms with Crippen molar-refractivity contribution in [1.29, 1.82) is 0 Å². The zero-order valence-electron chi connectivity index (χ0n) is 19.5. The molecule has 4 heterocycles. The lowest BCUT2D eigenvalue weighted by Crippen LogP contribution is -2.45. The standard InChI is InChI=1S/C25H26N4O4S.2ClH/c30-24(21-15-19-16-26-22-3-1-4-23(34-21)29(19)22)27-18-9-12-28(13-10-18)11-2-14-33-20-7-5-17(6-8-20)25(31)32;;/h1,3-8,15-16,18H,2,9-14H2,(H,27,30)(H,31,32);2*1H. The van der Waals surface area contributed by atoms with Crippen molar-refractivity contribution in [2.45, 2.75) is 30.3 Å². The van der Waals surface area contributed by atoms with Gasteiger partial charge in [-0.05, 0) is 61.7 Å². The Hall–Kier alpha value is -2.72. The monoisotopic (exact) mass is 550 g/mol. The number of imidazole rings is 1. The Morgan fingerprint density at radius 1 is 1.11 bits per heavy atom. The number of rotatable bonds is 8. The molecule has 0 saturated carbocycles. The molecule has 0 bridgehead atoms. The van der Waals surface area contributed by atoms with Crippen LogP contribution in [-0.4, -0.2) is 63.6 Å².